The van der Waals surface area contributed by atoms with Gasteiger partial charge in [-0.25, -0.2) is 9.97 Å². The van der Waals surface area contributed by atoms with Crippen LogP contribution in [0, 0.1) is 0 Å². The molecule has 1 fully saturated rings. The maximum absolute atomic E-state index is 4.71. The lowest BCUT2D eigenvalue weighted by molar-refractivity contribution is 0.688. The van der Waals surface area contributed by atoms with Crippen LogP contribution in [0.1, 0.15) is 45.4 Å². The molecular weight excluding hydrogens is 212 g/mol. The number of hydrogen-bond donors (Lipinski definition) is 1. The molecule has 1 N–H and O–H groups in total. The van der Waals surface area contributed by atoms with Gasteiger partial charge in [-0.05, 0) is 33.6 Å². The summed E-state index contributed by atoms with van der Waals surface area (Å²) in [6, 6.07) is 2.50. The van der Waals surface area contributed by atoms with Crippen molar-refractivity contribution in [2.24, 2.45) is 0 Å². The lowest BCUT2D eigenvalue weighted by Crippen LogP contribution is -2.31. The molecule has 1 aromatic rings. The second-order valence-corrected chi connectivity index (χ2v) is 4.87. The van der Waals surface area contributed by atoms with Gasteiger partial charge in [-0.1, -0.05) is 0 Å². The van der Waals surface area contributed by atoms with Crippen molar-refractivity contribution in [1.29, 1.82) is 0 Å². The molecule has 0 unspecified atom stereocenters. The first kappa shape index (κ1) is 12.1. The van der Waals surface area contributed by atoms with E-state index in [0.29, 0.717) is 12.0 Å². The number of rotatable bonds is 5. The third-order valence-corrected chi connectivity index (χ3v) is 3.19. The van der Waals surface area contributed by atoms with E-state index in [1.54, 1.807) is 0 Å². The summed E-state index contributed by atoms with van der Waals surface area (Å²) in [6.07, 6.45) is 2.47. The Morgan fingerprint density at radius 3 is 2.59 bits per heavy atom. The molecule has 1 aliphatic rings. The van der Waals surface area contributed by atoms with E-state index in [1.807, 2.05) is 13.1 Å². The predicted octanol–water partition coefficient (Wildman–Crippen LogP) is 2.63. The summed E-state index contributed by atoms with van der Waals surface area (Å²) in [5.74, 6) is 3.57. The van der Waals surface area contributed by atoms with E-state index in [1.165, 1.54) is 12.8 Å². The Morgan fingerprint density at radius 2 is 2.12 bits per heavy atom. The van der Waals surface area contributed by atoms with Crippen molar-refractivity contribution in [3.63, 3.8) is 0 Å². The Morgan fingerprint density at radius 1 is 1.41 bits per heavy atom. The fourth-order valence-corrected chi connectivity index (χ4v) is 2.04. The minimum absolute atomic E-state index is 0.464. The van der Waals surface area contributed by atoms with Crippen molar-refractivity contribution >= 4 is 11.6 Å². The second-order valence-electron chi connectivity index (χ2n) is 4.87. The van der Waals surface area contributed by atoms with Gasteiger partial charge in [0.1, 0.15) is 17.5 Å². The summed E-state index contributed by atoms with van der Waals surface area (Å²) in [7, 11) is 1.91. The standard InChI is InChI=1S/C13H22N4/c1-5-17(9(2)3)12-8-11(14-4)15-13(16-12)10-6-7-10/h8-10H,5-7H2,1-4H3,(H,14,15,16). The molecule has 0 radical (unpaired) electrons. The van der Waals surface area contributed by atoms with Gasteiger partial charge in [-0.3, -0.25) is 0 Å². The molecule has 0 amide bonds. The Labute approximate surface area is 103 Å². The zero-order chi connectivity index (χ0) is 12.4. The Balaban J connectivity index is 2.34. The molecule has 1 saturated carbocycles. The van der Waals surface area contributed by atoms with E-state index >= 15 is 0 Å². The van der Waals surface area contributed by atoms with Gasteiger partial charge in [0, 0.05) is 31.6 Å². The third kappa shape index (κ3) is 2.68. The smallest absolute Gasteiger partial charge is 0.136 e. The molecule has 2 rings (SSSR count). The minimum Gasteiger partial charge on any atom is -0.373 e. The van der Waals surface area contributed by atoms with Crippen LogP contribution in [-0.4, -0.2) is 29.6 Å². The van der Waals surface area contributed by atoms with Crippen LogP contribution in [0.3, 0.4) is 0 Å². The van der Waals surface area contributed by atoms with Gasteiger partial charge >= 0.3 is 0 Å². The van der Waals surface area contributed by atoms with Crippen molar-refractivity contribution in [1.82, 2.24) is 9.97 Å². The van der Waals surface area contributed by atoms with E-state index in [-0.39, 0.29) is 0 Å². The topological polar surface area (TPSA) is 41.0 Å². The molecule has 0 spiro atoms. The van der Waals surface area contributed by atoms with Crippen LogP contribution in [0.25, 0.3) is 0 Å². The SMILES string of the molecule is CCN(c1cc(NC)nc(C2CC2)n1)C(C)C. The molecule has 1 aromatic heterocycles. The van der Waals surface area contributed by atoms with Crippen LogP contribution in [-0.2, 0) is 0 Å². The summed E-state index contributed by atoms with van der Waals surface area (Å²) in [5, 5.41) is 3.13. The van der Waals surface area contributed by atoms with Crippen LogP contribution in [0.15, 0.2) is 6.07 Å². The minimum atomic E-state index is 0.464. The van der Waals surface area contributed by atoms with Crippen molar-refractivity contribution in [3.05, 3.63) is 11.9 Å². The lowest BCUT2D eigenvalue weighted by Gasteiger charge is -2.26. The zero-order valence-electron chi connectivity index (χ0n) is 11.2. The second kappa shape index (κ2) is 4.90. The highest BCUT2D eigenvalue weighted by atomic mass is 15.2. The molecule has 94 valence electrons. The van der Waals surface area contributed by atoms with Crippen molar-refractivity contribution < 1.29 is 0 Å². The van der Waals surface area contributed by atoms with E-state index < -0.39 is 0 Å². The first-order valence-corrected chi connectivity index (χ1v) is 6.49. The van der Waals surface area contributed by atoms with Crippen molar-refractivity contribution in [3.8, 4) is 0 Å². The maximum Gasteiger partial charge on any atom is 0.136 e. The number of hydrogen-bond acceptors (Lipinski definition) is 4. The fraction of sp³-hybridized carbons (Fsp3) is 0.692. The van der Waals surface area contributed by atoms with Crippen LogP contribution < -0.4 is 10.2 Å². The van der Waals surface area contributed by atoms with Crippen molar-refractivity contribution in [2.45, 2.75) is 45.6 Å². The average molecular weight is 234 g/mol. The van der Waals surface area contributed by atoms with Gasteiger partial charge in [-0.15, -0.1) is 0 Å². The normalized spacial score (nSPS) is 15.1. The van der Waals surface area contributed by atoms with E-state index in [4.69, 9.17) is 4.98 Å². The van der Waals surface area contributed by atoms with Crippen LogP contribution >= 0.6 is 0 Å². The molecule has 4 nitrogen and oxygen atoms in total. The summed E-state index contributed by atoms with van der Waals surface area (Å²) in [5.41, 5.74) is 0. The molecule has 0 bridgehead atoms. The van der Waals surface area contributed by atoms with Crippen LogP contribution in [0.4, 0.5) is 11.6 Å². The summed E-state index contributed by atoms with van der Waals surface area (Å²) >= 11 is 0. The van der Waals surface area contributed by atoms with E-state index in [0.717, 1.165) is 24.0 Å². The van der Waals surface area contributed by atoms with Gasteiger partial charge < -0.3 is 10.2 Å². The number of nitrogens with zero attached hydrogens (tertiary/aromatic N) is 3. The van der Waals surface area contributed by atoms with Gasteiger partial charge in [0.2, 0.25) is 0 Å². The highest BCUT2D eigenvalue weighted by molar-refractivity contribution is 5.50. The number of nitrogens with one attached hydrogen (secondary N) is 1. The quantitative estimate of drug-likeness (QED) is 0.850. The molecule has 0 saturated heterocycles. The molecule has 4 heteroatoms. The molecule has 0 atom stereocenters. The van der Waals surface area contributed by atoms with Crippen molar-refractivity contribution in [2.75, 3.05) is 23.8 Å². The van der Waals surface area contributed by atoms with Gasteiger partial charge in [0.25, 0.3) is 0 Å². The summed E-state index contributed by atoms with van der Waals surface area (Å²) < 4.78 is 0. The Hall–Kier alpha value is -1.32. The predicted molar refractivity (Wildman–Crippen MR) is 71.7 cm³/mol. The molecule has 0 aliphatic heterocycles. The monoisotopic (exact) mass is 234 g/mol. The number of aromatic nitrogens is 2. The van der Waals surface area contributed by atoms with Crippen LogP contribution in [0.5, 0.6) is 0 Å². The summed E-state index contributed by atoms with van der Waals surface area (Å²) in [4.78, 5) is 11.6. The van der Waals surface area contributed by atoms with Crippen LogP contribution in [0.2, 0.25) is 0 Å². The maximum atomic E-state index is 4.71. The first-order valence-electron chi connectivity index (χ1n) is 6.49. The fourth-order valence-electron chi connectivity index (χ4n) is 2.04. The van der Waals surface area contributed by atoms with Gasteiger partial charge in [0.15, 0.2) is 0 Å². The average Bonchev–Trinajstić information content (AvgIpc) is 3.13. The summed E-state index contributed by atoms with van der Waals surface area (Å²) in [6.45, 7) is 7.53. The Bertz CT molecular complexity index is 385. The van der Waals surface area contributed by atoms with E-state index in [2.05, 4.69) is 36.0 Å². The lowest BCUT2D eigenvalue weighted by atomic mass is 10.3. The van der Waals surface area contributed by atoms with Gasteiger partial charge in [-0.2, -0.15) is 0 Å². The van der Waals surface area contributed by atoms with E-state index in [9.17, 15) is 0 Å². The molecule has 1 heterocycles. The highest BCUT2D eigenvalue weighted by Crippen LogP contribution is 2.39. The molecule has 1 aliphatic carbocycles. The van der Waals surface area contributed by atoms with Gasteiger partial charge in [0.05, 0.1) is 0 Å². The molecule has 17 heavy (non-hydrogen) atoms. The zero-order valence-corrected chi connectivity index (χ0v) is 11.2. The molecule has 0 aromatic carbocycles. The third-order valence-electron chi connectivity index (χ3n) is 3.19. The Kier molecular flexibility index (Phi) is 3.50. The highest BCUT2D eigenvalue weighted by Gasteiger charge is 2.28. The largest absolute Gasteiger partial charge is 0.373 e. The number of anilines is 2. The first-order chi connectivity index (χ1) is 8.15. The molecular formula is C13H22N4.